The zero-order valence-corrected chi connectivity index (χ0v) is 12.6. The number of nitrogens with two attached hydrogens (primary N) is 1. The van der Waals surface area contributed by atoms with Gasteiger partial charge in [0.2, 0.25) is 0 Å². The molecule has 3 N–H and O–H groups in total. The fourth-order valence-electron chi connectivity index (χ4n) is 3.33. The van der Waals surface area contributed by atoms with Crippen LogP contribution in [0.1, 0.15) is 43.8 Å². The molecule has 1 aromatic rings. The largest absolute Gasteiger partial charge is 0.493 e. The van der Waals surface area contributed by atoms with E-state index in [0.717, 1.165) is 11.4 Å². The highest BCUT2D eigenvalue weighted by Gasteiger charge is 2.34. The fourth-order valence-corrected chi connectivity index (χ4v) is 3.33. The molecule has 1 heterocycles. The molecule has 0 spiro atoms. The molecule has 0 aromatic carbocycles. The SMILES string of the molecule is COc1cnn(C)c1C(NN)C(OC)C1CCCCC1. The van der Waals surface area contributed by atoms with Gasteiger partial charge in [0.25, 0.3) is 0 Å². The first-order valence-electron chi connectivity index (χ1n) is 7.27. The summed E-state index contributed by atoms with van der Waals surface area (Å²) in [5, 5.41) is 4.26. The molecule has 114 valence electrons. The highest BCUT2D eigenvalue weighted by Crippen LogP contribution is 2.36. The number of hydrogen-bond acceptors (Lipinski definition) is 5. The Morgan fingerprint density at radius 3 is 2.60 bits per heavy atom. The number of hydrogen-bond donors (Lipinski definition) is 2. The monoisotopic (exact) mass is 282 g/mol. The Labute approximate surface area is 120 Å². The summed E-state index contributed by atoms with van der Waals surface area (Å²) in [6, 6.07) is -0.120. The Bertz CT molecular complexity index is 415. The summed E-state index contributed by atoms with van der Waals surface area (Å²) in [6.07, 6.45) is 7.99. The molecule has 0 saturated heterocycles. The number of nitrogens with one attached hydrogen (secondary N) is 1. The van der Waals surface area contributed by atoms with Crippen LogP contribution in [0.3, 0.4) is 0 Å². The number of hydrazine groups is 1. The summed E-state index contributed by atoms with van der Waals surface area (Å²) in [6.45, 7) is 0. The van der Waals surface area contributed by atoms with Gasteiger partial charge in [-0.05, 0) is 18.8 Å². The second kappa shape index (κ2) is 7.06. The lowest BCUT2D eigenvalue weighted by Crippen LogP contribution is -2.43. The van der Waals surface area contributed by atoms with Crippen LogP contribution in [0.5, 0.6) is 5.75 Å². The molecule has 0 amide bonds. The van der Waals surface area contributed by atoms with E-state index >= 15 is 0 Å². The minimum Gasteiger partial charge on any atom is -0.493 e. The Hall–Kier alpha value is -1.11. The average Bonchev–Trinajstić information content (AvgIpc) is 2.86. The van der Waals surface area contributed by atoms with Crippen molar-refractivity contribution in [3.8, 4) is 5.75 Å². The minimum absolute atomic E-state index is 0.0320. The van der Waals surface area contributed by atoms with Gasteiger partial charge in [-0.15, -0.1) is 0 Å². The molecular formula is C14H26N4O2. The number of aryl methyl sites for hydroxylation is 1. The molecule has 1 saturated carbocycles. The van der Waals surface area contributed by atoms with Crippen LogP contribution >= 0.6 is 0 Å². The maximum atomic E-state index is 5.81. The fraction of sp³-hybridized carbons (Fsp3) is 0.786. The molecule has 0 radical (unpaired) electrons. The summed E-state index contributed by atoms with van der Waals surface area (Å²) < 4.78 is 13.0. The van der Waals surface area contributed by atoms with E-state index in [-0.39, 0.29) is 12.1 Å². The van der Waals surface area contributed by atoms with E-state index in [1.54, 1.807) is 25.1 Å². The van der Waals surface area contributed by atoms with Crippen LogP contribution in [0.15, 0.2) is 6.20 Å². The number of methoxy groups -OCH3 is 2. The molecule has 0 aliphatic heterocycles. The molecule has 1 aliphatic rings. The quantitative estimate of drug-likeness (QED) is 0.611. The van der Waals surface area contributed by atoms with E-state index in [1.807, 2.05) is 7.05 Å². The van der Waals surface area contributed by atoms with Crippen molar-refractivity contribution in [1.82, 2.24) is 15.2 Å². The standard InChI is InChI=1S/C14H26N4O2/c1-18-13(11(19-2)9-16-18)12(17-15)14(20-3)10-7-5-4-6-8-10/h9-10,12,14,17H,4-8,15H2,1-3H3. The second-order valence-corrected chi connectivity index (χ2v) is 5.46. The molecule has 6 heteroatoms. The zero-order valence-electron chi connectivity index (χ0n) is 12.6. The van der Waals surface area contributed by atoms with Crippen LogP contribution in [0.25, 0.3) is 0 Å². The predicted molar refractivity (Wildman–Crippen MR) is 77.2 cm³/mol. The van der Waals surface area contributed by atoms with Gasteiger partial charge in [-0.1, -0.05) is 19.3 Å². The van der Waals surface area contributed by atoms with Gasteiger partial charge in [0.1, 0.15) is 5.69 Å². The molecule has 20 heavy (non-hydrogen) atoms. The van der Waals surface area contributed by atoms with Gasteiger partial charge in [0, 0.05) is 14.2 Å². The smallest absolute Gasteiger partial charge is 0.161 e. The first kappa shape index (κ1) is 15.3. The maximum absolute atomic E-state index is 5.81. The number of aromatic nitrogens is 2. The maximum Gasteiger partial charge on any atom is 0.161 e. The van der Waals surface area contributed by atoms with Crippen molar-refractivity contribution in [2.24, 2.45) is 18.8 Å². The second-order valence-electron chi connectivity index (χ2n) is 5.46. The van der Waals surface area contributed by atoms with Gasteiger partial charge < -0.3 is 9.47 Å². The van der Waals surface area contributed by atoms with Crippen molar-refractivity contribution in [3.05, 3.63) is 11.9 Å². The van der Waals surface area contributed by atoms with Gasteiger partial charge in [-0.2, -0.15) is 5.10 Å². The Morgan fingerprint density at radius 2 is 2.05 bits per heavy atom. The lowest BCUT2D eigenvalue weighted by molar-refractivity contribution is 0.00498. The first-order chi connectivity index (χ1) is 9.72. The lowest BCUT2D eigenvalue weighted by Gasteiger charge is -2.34. The predicted octanol–water partition coefficient (Wildman–Crippen LogP) is 1.53. The minimum atomic E-state index is -0.120. The van der Waals surface area contributed by atoms with Crippen LogP contribution in [0.4, 0.5) is 0 Å². The molecule has 0 bridgehead atoms. The molecule has 1 fully saturated rings. The van der Waals surface area contributed by atoms with Gasteiger partial charge in [0.15, 0.2) is 5.75 Å². The Balaban J connectivity index is 2.26. The summed E-state index contributed by atoms with van der Waals surface area (Å²) in [7, 11) is 5.30. The van der Waals surface area contributed by atoms with Crippen molar-refractivity contribution >= 4 is 0 Å². The lowest BCUT2D eigenvalue weighted by atomic mass is 9.82. The van der Waals surface area contributed by atoms with Crippen LogP contribution in [0, 0.1) is 5.92 Å². The molecule has 2 unspecified atom stereocenters. The molecule has 2 atom stereocenters. The van der Waals surface area contributed by atoms with Gasteiger partial charge in [-0.3, -0.25) is 10.5 Å². The van der Waals surface area contributed by atoms with Crippen LogP contribution in [-0.2, 0) is 11.8 Å². The number of rotatable bonds is 6. The van der Waals surface area contributed by atoms with Crippen molar-refractivity contribution in [3.63, 3.8) is 0 Å². The van der Waals surface area contributed by atoms with E-state index in [4.69, 9.17) is 15.3 Å². The summed E-state index contributed by atoms with van der Waals surface area (Å²) in [4.78, 5) is 0. The van der Waals surface area contributed by atoms with Gasteiger partial charge >= 0.3 is 0 Å². The Morgan fingerprint density at radius 1 is 1.35 bits per heavy atom. The van der Waals surface area contributed by atoms with E-state index in [1.165, 1.54) is 32.1 Å². The van der Waals surface area contributed by atoms with Crippen molar-refractivity contribution in [2.75, 3.05) is 14.2 Å². The van der Waals surface area contributed by atoms with Crippen LogP contribution in [-0.4, -0.2) is 30.1 Å². The molecular weight excluding hydrogens is 256 g/mol. The third-order valence-electron chi connectivity index (χ3n) is 4.36. The zero-order chi connectivity index (χ0) is 14.5. The van der Waals surface area contributed by atoms with E-state index < -0.39 is 0 Å². The summed E-state index contributed by atoms with van der Waals surface area (Å²) >= 11 is 0. The van der Waals surface area contributed by atoms with Crippen LogP contribution in [0.2, 0.25) is 0 Å². The Kier molecular flexibility index (Phi) is 5.39. The number of nitrogens with zero attached hydrogens (tertiary/aromatic N) is 2. The molecule has 2 rings (SSSR count). The van der Waals surface area contributed by atoms with Crippen molar-refractivity contribution in [2.45, 2.75) is 44.2 Å². The molecule has 6 nitrogen and oxygen atoms in total. The van der Waals surface area contributed by atoms with E-state index in [9.17, 15) is 0 Å². The highest BCUT2D eigenvalue weighted by molar-refractivity contribution is 5.29. The topological polar surface area (TPSA) is 74.3 Å². The van der Waals surface area contributed by atoms with Crippen molar-refractivity contribution in [1.29, 1.82) is 0 Å². The van der Waals surface area contributed by atoms with Crippen LogP contribution < -0.4 is 16.0 Å². The van der Waals surface area contributed by atoms with Crippen molar-refractivity contribution < 1.29 is 9.47 Å². The number of ether oxygens (including phenoxy) is 2. The van der Waals surface area contributed by atoms with Gasteiger partial charge in [0.05, 0.1) is 25.5 Å². The third-order valence-corrected chi connectivity index (χ3v) is 4.36. The van der Waals surface area contributed by atoms with Gasteiger partial charge in [-0.25, -0.2) is 5.43 Å². The molecule has 1 aliphatic carbocycles. The highest BCUT2D eigenvalue weighted by atomic mass is 16.5. The average molecular weight is 282 g/mol. The summed E-state index contributed by atoms with van der Waals surface area (Å²) in [5.74, 6) is 7.08. The normalized spacial score (nSPS) is 19.8. The van der Waals surface area contributed by atoms with E-state index in [0.29, 0.717) is 5.92 Å². The molecule has 1 aromatic heterocycles. The first-order valence-corrected chi connectivity index (χ1v) is 7.27. The van der Waals surface area contributed by atoms with E-state index in [2.05, 4.69) is 10.5 Å². The summed E-state index contributed by atoms with van der Waals surface area (Å²) in [5.41, 5.74) is 3.84. The third kappa shape index (κ3) is 2.97.